The van der Waals surface area contributed by atoms with Crippen LogP contribution >= 0.6 is 0 Å². The molecule has 1 heterocycles. The molecule has 20 heavy (non-hydrogen) atoms. The van der Waals surface area contributed by atoms with Gasteiger partial charge in [0.15, 0.2) is 0 Å². The molecule has 1 N–H and O–H groups in total. The van der Waals surface area contributed by atoms with Crippen molar-refractivity contribution < 1.29 is 0 Å². The highest BCUT2D eigenvalue weighted by atomic mass is 15.0. The van der Waals surface area contributed by atoms with Crippen molar-refractivity contribution in [2.45, 2.75) is 39.3 Å². The average molecular weight is 267 g/mol. The van der Waals surface area contributed by atoms with E-state index in [2.05, 4.69) is 46.5 Å². The lowest BCUT2D eigenvalue weighted by Crippen LogP contribution is -2.23. The van der Waals surface area contributed by atoms with Crippen molar-refractivity contribution >= 4 is 0 Å². The fraction of sp³-hybridized carbons (Fsp3) is 0.412. The monoisotopic (exact) mass is 267 g/mol. The molecule has 1 unspecified atom stereocenters. The van der Waals surface area contributed by atoms with Crippen molar-refractivity contribution in [1.82, 2.24) is 15.3 Å². The third kappa shape index (κ3) is 3.23. The van der Waals surface area contributed by atoms with Crippen LogP contribution in [0.1, 0.15) is 41.5 Å². The fourth-order valence-corrected chi connectivity index (χ4v) is 2.58. The van der Waals surface area contributed by atoms with Gasteiger partial charge in [0, 0.05) is 18.8 Å². The van der Waals surface area contributed by atoms with Crippen LogP contribution in [0.3, 0.4) is 0 Å². The van der Waals surface area contributed by atoms with Crippen molar-refractivity contribution in [1.29, 1.82) is 0 Å². The zero-order valence-electron chi connectivity index (χ0n) is 12.1. The van der Waals surface area contributed by atoms with Crippen LogP contribution < -0.4 is 5.32 Å². The number of nitrogens with one attached hydrogen (secondary N) is 1. The quantitative estimate of drug-likeness (QED) is 0.903. The van der Waals surface area contributed by atoms with Crippen molar-refractivity contribution in [3.8, 4) is 0 Å². The van der Waals surface area contributed by atoms with E-state index in [9.17, 15) is 0 Å². The molecular formula is C17H21N3. The summed E-state index contributed by atoms with van der Waals surface area (Å²) in [5, 5.41) is 3.67. The van der Waals surface area contributed by atoms with Crippen LogP contribution in [-0.4, -0.2) is 9.97 Å². The Balaban J connectivity index is 1.70. The molecule has 104 valence electrons. The molecule has 3 nitrogen and oxygen atoms in total. The van der Waals surface area contributed by atoms with Crippen molar-refractivity contribution in [2.24, 2.45) is 5.92 Å². The zero-order chi connectivity index (χ0) is 13.9. The van der Waals surface area contributed by atoms with Crippen molar-refractivity contribution in [3.05, 3.63) is 59.2 Å². The van der Waals surface area contributed by atoms with Crippen LogP contribution in [0.25, 0.3) is 0 Å². The highest BCUT2D eigenvalue weighted by Crippen LogP contribution is 2.41. The normalized spacial score (nSPS) is 16.1. The van der Waals surface area contributed by atoms with E-state index >= 15 is 0 Å². The highest BCUT2D eigenvalue weighted by molar-refractivity contribution is 5.25. The molecule has 1 aliphatic rings. The third-order valence-electron chi connectivity index (χ3n) is 3.87. The molecule has 0 aliphatic heterocycles. The number of hydrogen-bond donors (Lipinski definition) is 1. The predicted octanol–water partition coefficient (Wildman–Crippen LogP) is 3.33. The highest BCUT2D eigenvalue weighted by Gasteiger charge is 2.31. The van der Waals surface area contributed by atoms with Crippen LogP contribution in [0.2, 0.25) is 0 Å². The van der Waals surface area contributed by atoms with Gasteiger partial charge in [0.05, 0.1) is 5.69 Å². The van der Waals surface area contributed by atoms with Crippen LogP contribution in [0.4, 0.5) is 0 Å². The zero-order valence-corrected chi connectivity index (χ0v) is 12.1. The summed E-state index contributed by atoms with van der Waals surface area (Å²) in [6, 6.07) is 11.3. The van der Waals surface area contributed by atoms with Gasteiger partial charge in [-0.25, -0.2) is 9.97 Å². The minimum atomic E-state index is 0.450. The fourth-order valence-electron chi connectivity index (χ4n) is 2.58. The number of benzene rings is 1. The van der Waals surface area contributed by atoms with E-state index in [1.807, 2.05) is 19.2 Å². The molecule has 1 aromatic heterocycles. The summed E-state index contributed by atoms with van der Waals surface area (Å²) in [6.07, 6.45) is 4.49. The summed E-state index contributed by atoms with van der Waals surface area (Å²) >= 11 is 0. The van der Waals surface area contributed by atoms with E-state index in [1.54, 1.807) is 0 Å². The van der Waals surface area contributed by atoms with Gasteiger partial charge in [0.1, 0.15) is 5.82 Å². The predicted molar refractivity (Wildman–Crippen MR) is 80.3 cm³/mol. The standard InChI is InChI=1S/C17H21N3/c1-12-3-5-14(6-4-12)17(15-7-8-15)19-11-16-9-10-18-13(2)20-16/h3-6,9-10,15,17,19H,7-8,11H2,1-2H3. The summed E-state index contributed by atoms with van der Waals surface area (Å²) in [5.41, 5.74) is 3.77. The van der Waals surface area contributed by atoms with Gasteiger partial charge in [-0.05, 0) is 44.2 Å². The molecule has 1 aliphatic carbocycles. The summed E-state index contributed by atoms with van der Waals surface area (Å²) in [6.45, 7) is 4.87. The topological polar surface area (TPSA) is 37.8 Å². The van der Waals surface area contributed by atoms with Gasteiger partial charge in [0.2, 0.25) is 0 Å². The van der Waals surface area contributed by atoms with Gasteiger partial charge in [-0.1, -0.05) is 29.8 Å². The van der Waals surface area contributed by atoms with E-state index in [4.69, 9.17) is 0 Å². The molecule has 0 radical (unpaired) electrons. The molecule has 3 rings (SSSR count). The van der Waals surface area contributed by atoms with Crippen LogP contribution in [0.15, 0.2) is 36.5 Å². The number of aromatic nitrogens is 2. The lowest BCUT2D eigenvalue weighted by Gasteiger charge is -2.19. The molecule has 1 fully saturated rings. The number of rotatable bonds is 5. The molecule has 0 spiro atoms. The van der Waals surface area contributed by atoms with Gasteiger partial charge in [-0.2, -0.15) is 0 Å². The van der Waals surface area contributed by atoms with E-state index in [0.717, 1.165) is 24.0 Å². The Kier molecular flexibility index (Phi) is 3.79. The smallest absolute Gasteiger partial charge is 0.125 e. The lowest BCUT2D eigenvalue weighted by molar-refractivity contribution is 0.476. The first kappa shape index (κ1) is 13.3. The third-order valence-corrected chi connectivity index (χ3v) is 3.87. The van der Waals surface area contributed by atoms with E-state index in [-0.39, 0.29) is 0 Å². The Morgan fingerprint density at radius 3 is 2.55 bits per heavy atom. The maximum Gasteiger partial charge on any atom is 0.125 e. The Morgan fingerprint density at radius 1 is 1.15 bits per heavy atom. The molecule has 2 aromatic rings. The first-order valence-electron chi connectivity index (χ1n) is 7.31. The van der Waals surface area contributed by atoms with Crippen LogP contribution in [0.5, 0.6) is 0 Å². The molecular weight excluding hydrogens is 246 g/mol. The Hall–Kier alpha value is -1.74. The SMILES string of the molecule is Cc1ccc(C(NCc2ccnc(C)n2)C2CC2)cc1. The summed E-state index contributed by atoms with van der Waals surface area (Å²) < 4.78 is 0. The number of nitrogens with zero attached hydrogens (tertiary/aromatic N) is 2. The lowest BCUT2D eigenvalue weighted by atomic mass is 10.0. The largest absolute Gasteiger partial charge is 0.304 e. The molecule has 0 bridgehead atoms. The molecule has 0 amide bonds. The van der Waals surface area contributed by atoms with Crippen LogP contribution in [-0.2, 0) is 6.54 Å². The van der Waals surface area contributed by atoms with Gasteiger partial charge < -0.3 is 5.32 Å². The molecule has 1 saturated carbocycles. The first-order valence-corrected chi connectivity index (χ1v) is 7.31. The second-order valence-corrected chi connectivity index (χ2v) is 5.70. The minimum absolute atomic E-state index is 0.450. The summed E-state index contributed by atoms with van der Waals surface area (Å²) in [4.78, 5) is 8.60. The Morgan fingerprint density at radius 2 is 1.90 bits per heavy atom. The molecule has 0 saturated heterocycles. The molecule has 1 aromatic carbocycles. The molecule has 3 heteroatoms. The minimum Gasteiger partial charge on any atom is -0.304 e. The summed E-state index contributed by atoms with van der Waals surface area (Å²) in [7, 11) is 0. The van der Waals surface area contributed by atoms with Gasteiger partial charge >= 0.3 is 0 Å². The second-order valence-electron chi connectivity index (χ2n) is 5.70. The average Bonchev–Trinajstić information content (AvgIpc) is 3.26. The van der Waals surface area contributed by atoms with E-state index in [0.29, 0.717) is 6.04 Å². The van der Waals surface area contributed by atoms with Gasteiger partial charge in [0.25, 0.3) is 0 Å². The maximum atomic E-state index is 4.46. The van der Waals surface area contributed by atoms with Crippen molar-refractivity contribution in [3.63, 3.8) is 0 Å². The van der Waals surface area contributed by atoms with Crippen molar-refractivity contribution in [2.75, 3.05) is 0 Å². The second kappa shape index (κ2) is 5.71. The van der Waals surface area contributed by atoms with Gasteiger partial charge in [-0.3, -0.25) is 0 Å². The van der Waals surface area contributed by atoms with E-state index < -0.39 is 0 Å². The Bertz CT molecular complexity index is 573. The maximum absolute atomic E-state index is 4.46. The van der Waals surface area contributed by atoms with Gasteiger partial charge in [-0.15, -0.1) is 0 Å². The first-order chi connectivity index (χ1) is 9.72. The molecule has 1 atom stereocenters. The van der Waals surface area contributed by atoms with E-state index in [1.165, 1.54) is 24.0 Å². The Labute approximate surface area is 120 Å². The summed E-state index contributed by atoms with van der Waals surface area (Å²) in [5.74, 6) is 1.61. The number of hydrogen-bond acceptors (Lipinski definition) is 3. The number of aryl methyl sites for hydroxylation is 2. The van der Waals surface area contributed by atoms with Crippen LogP contribution in [0, 0.1) is 19.8 Å².